The molecule has 0 unspecified atom stereocenters. The van der Waals surface area contributed by atoms with Crippen LogP contribution in [0.5, 0.6) is 0 Å². The van der Waals surface area contributed by atoms with E-state index in [9.17, 15) is 0 Å². The normalized spacial score (nSPS) is 14.7. The van der Waals surface area contributed by atoms with Gasteiger partial charge in [-0.2, -0.15) is 4.98 Å². The number of anilines is 2. The Hall–Kier alpha value is -2.42. The van der Waals surface area contributed by atoms with Gasteiger partial charge in [-0.05, 0) is 31.3 Å². The third-order valence-electron chi connectivity index (χ3n) is 5.03. The van der Waals surface area contributed by atoms with E-state index in [2.05, 4.69) is 36.7 Å². The van der Waals surface area contributed by atoms with Crippen LogP contribution in [0, 0.1) is 0 Å². The molecule has 29 heavy (non-hydrogen) atoms. The molecular formula is C20H26ClN7O. The maximum atomic E-state index is 6.05. The van der Waals surface area contributed by atoms with Gasteiger partial charge in [-0.1, -0.05) is 11.6 Å². The van der Waals surface area contributed by atoms with E-state index in [1.165, 1.54) is 0 Å². The molecule has 8 nitrogen and oxygen atoms in total. The molecule has 154 valence electrons. The van der Waals surface area contributed by atoms with E-state index in [-0.39, 0.29) is 0 Å². The van der Waals surface area contributed by atoms with Gasteiger partial charge < -0.3 is 19.5 Å². The van der Waals surface area contributed by atoms with Crippen LogP contribution in [0.3, 0.4) is 0 Å². The van der Waals surface area contributed by atoms with Crippen LogP contribution in [-0.4, -0.2) is 78.3 Å². The molecule has 3 aromatic rings. The highest BCUT2D eigenvalue weighted by Crippen LogP contribution is 2.18. The lowest BCUT2D eigenvalue weighted by molar-refractivity contribution is 0.122. The summed E-state index contributed by atoms with van der Waals surface area (Å²) in [7, 11) is 4.11. The Bertz CT molecular complexity index is 957. The molecule has 0 aliphatic carbocycles. The topological polar surface area (TPSA) is 73.4 Å². The second kappa shape index (κ2) is 8.94. The first-order valence-electron chi connectivity index (χ1n) is 9.78. The van der Waals surface area contributed by atoms with Gasteiger partial charge in [0.25, 0.3) is 0 Å². The summed E-state index contributed by atoms with van der Waals surface area (Å²) in [6.07, 6.45) is 1.83. The van der Waals surface area contributed by atoms with Crippen LogP contribution in [0.2, 0.25) is 5.02 Å². The van der Waals surface area contributed by atoms with Crippen LogP contribution < -0.4 is 9.80 Å². The van der Waals surface area contributed by atoms with Gasteiger partial charge in [0.1, 0.15) is 11.6 Å². The quantitative estimate of drug-likeness (QED) is 0.635. The molecule has 2 aromatic heterocycles. The van der Waals surface area contributed by atoms with Crippen LogP contribution in [0.25, 0.3) is 11.0 Å². The van der Waals surface area contributed by atoms with Gasteiger partial charge in [0.2, 0.25) is 5.95 Å². The number of likely N-dealkylation sites (N-methyl/N-ethyl adjacent to an activating group) is 2. The first kappa shape index (κ1) is 19.9. The van der Waals surface area contributed by atoms with Crippen molar-refractivity contribution in [2.24, 2.45) is 0 Å². The highest BCUT2D eigenvalue weighted by atomic mass is 35.5. The minimum atomic E-state index is 0.710. The highest BCUT2D eigenvalue weighted by Gasteiger charge is 2.15. The van der Waals surface area contributed by atoms with Gasteiger partial charge in [0.15, 0.2) is 0 Å². The molecule has 9 heteroatoms. The zero-order chi connectivity index (χ0) is 20.2. The van der Waals surface area contributed by atoms with Crippen LogP contribution >= 0.6 is 11.6 Å². The largest absolute Gasteiger partial charge is 0.378 e. The number of H-pyrrole nitrogens is 1. The van der Waals surface area contributed by atoms with E-state index in [0.29, 0.717) is 5.02 Å². The first-order chi connectivity index (χ1) is 14.1. The lowest BCUT2D eigenvalue weighted by atomic mass is 10.3. The van der Waals surface area contributed by atoms with E-state index in [4.69, 9.17) is 21.3 Å². The molecule has 0 bridgehead atoms. The van der Waals surface area contributed by atoms with Crippen molar-refractivity contribution < 1.29 is 4.74 Å². The average molecular weight is 416 g/mol. The molecule has 3 heterocycles. The summed E-state index contributed by atoms with van der Waals surface area (Å²) in [5, 5.41) is 0.710. The fourth-order valence-corrected chi connectivity index (χ4v) is 3.53. The summed E-state index contributed by atoms with van der Waals surface area (Å²) >= 11 is 6.05. The number of ether oxygens (including phenoxy) is 1. The van der Waals surface area contributed by atoms with E-state index in [0.717, 1.165) is 74.6 Å². The zero-order valence-corrected chi connectivity index (χ0v) is 17.6. The summed E-state index contributed by atoms with van der Waals surface area (Å²) in [5.74, 6) is 2.62. The number of nitrogens with one attached hydrogen (secondary N) is 1. The third kappa shape index (κ3) is 4.95. The smallest absolute Gasteiger partial charge is 0.227 e. The molecule has 1 saturated heterocycles. The van der Waals surface area contributed by atoms with Crippen molar-refractivity contribution in [3.63, 3.8) is 0 Å². The third-order valence-corrected chi connectivity index (χ3v) is 5.27. The fourth-order valence-electron chi connectivity index (χ4n) is 3.36. The SMILES string of the molecule is CN(CCN(C)c1nccc(N2CCOCC2)n1)Cc1nc2ccc(Cl)cc2[nH]1. The average Bonchev–Trinajstić information content (AvgIpc) is 3.14. The van der Waals surface area contributed by atoms with Crippen molar-refractivity contribution in [2.75, 3.05) is 63.3 Å². The number of morpholine rings is 1. The number of fused-ring (bicyclic) bond motifs is 1. The van der Waals surface area contributed by atoms with E-state index < -0.39 is 0 Å². The number of aromatic nitrogens is 4. The van der Waals surface area contributed by atoms with Crippen LogP contribution in [-0.2, 0) is 11.3 Å². The summed E-state index contributed by atoms with van der Waals surface area (Å²) < 4.78 is 5.42. The summed E-state index contributed by atoms with van der Waals surface area (Å²) in [6.45, 7) is 5.63. The van der Waals surface area contributed by atoms with Crippen molar-refractivity contribution in [3.8, 4) is 0 Å². The fraction of sp³-hybridized carbons (Fsp3) is 0.450. The molecule has 1 aliphatic heterocycles. The van der Waals surface area contributed by atoms with Crippen molar-refractivity contribution in [2.45, 2.75) is 6.54 Å². The van der Waals surface area contributed by atoms with E-state index in [1.54, 1.807) is 0 Å². The molecule has 0 spiro atoms. The predicted octanol–water partition coefficient (Wildman–Crippen LogP) is 2.41. The Morgan fingerprint density at radius 1 is 1.14 bits per heavy atom. The number of benzene rings is 1. The first-order valence-corrected chi connectivity index (χ1v) is 10.2. The number of nitrogens with zero attached hydrogens (tertiary/aromatic N) is 6. The molecule has 1 fully saturated rings. The highest BCUT2D eigenvalue weighted by molar-refractivity contribution is 6.31. The van der Waals surface area contributed by atoms with Crippen molar-refractivity contribution in [1.29, 1.82) is 0 Å². The van der Waals surface area contributed by atoms with Crippen molar-refractivity contribution >= 4 is 34.4 Å². The number of halogens is 1. The number of hydrogen-bond donors (Lipinski definition) is 1. The van der Waals surface area contributed by atoms with Gasteiger partial charge in [-0.15, -0.1) is 0 Å². The van der Waals surface area contributed by atoms with Crippen LogP contribution in [0.1, 0.15) is 5.82 Å². The Morgan fingerprint density at radius 3 is 2.79 bits per heavy atom. The van der Waals surface area contributed by atoms with Gasteiger partial charge in [-0.25, -0.2) is 9.97 Å². The zero-order valence-electron chi connectivity index (χ0n) is 16.8. The molecule has 1 aromatic carbocycles. The van der Waals surface area contributed by atoms with Crippen molar-refractivity contribution in [3.05, 3.63) is 41.3 Å². The van der Waals surface area contributed by atoms with Gasteiger partial charge >= 0.3 is 0 Å². The minimum Gasteiger partial charge on any atom is -0.378 e. The van der Waals surface area contributed by atoms with Gasteiger partial charge in [0, 0.05) is 44.4 Å². The number of imidazole rings is 1. The van der Waals surface area contributed by atoms with Crippen molar-refractivity contribution in [1.82, 2.24) is 24.8 Å². The summed E-state index contributed by atoms with van der Waals surface area (Å²) in [5.41, 5.74) is 1.90. The predicted molar refractivity (Wildman–Crippen MR) is 116 cm³/mol. The minimum absolute atomic E-state index is 0.710. The Kier molecular flexibility index (Phi) is 6.13. The molecule has 0 atom stereocenters. The number of hydrogen-bond acceptors (Lipinski definition) is 7. The molecule has 4 rings (SSSR count). The molecule has 0 radical (unpaired) electrons. The summed E-state index contributed by atoms with van der Waals surface area (Å²) in [6, 6.07) is 7.66. The maximum absolute atomic E-state index is 6.05. The second-order valence-corrected chi connectivity index (χ2v) is 7.76. The second-order valence-electron chi connectivity index (χ2n) is 7.32. The molecule has 1 N–H and O–H groups in total. The molecular weight excluding hydrogens is 390 g/mol. The Balaban J connectivity index is 1.33. The summed E-state index contributed by atoms with van der Waals surface area (Å²) in [4.78, 5) is 23.7. The monoisotopic (exact) mass is 415 g/mol. The number of rotatable bonds is 7. The van der Waals surface area contributed by atoms with Gasteiger partial charge in [0.05, 0.1) is 30.8 Å². The van der Waals surface area contributed by atoms with Crippen LogP contribution in [0.4, 0.5) is 11.8 Å². The maximum Gasteiger partial charge on any atom is 0.227 e. The molecule has 0 saturated carbocycles. The lowest BCUT2D eigenvalue weighted by Gasteiger charge is -2.28. The lowest BCUT2D eigenvalue weighted by Crippen LogP contribution is -2.37. The van der Waals surface area contributed by atoms with E-state index >= 15 is 0 Å². The van der Waals surface area contributed by atoms with Crippen LogP contribution in [0.15, 0.2) is 30.5 Å². The molecule has 0 amide bonds. The molecule has 1 aliphatic rings. The van der Waals surface area contributed by atoms with Gasteiger partial charge in [-0.3, -0.25) is 4.90 Å². The van der Waals surface area contributed by atoms with E-state index in [1.807, 2.05) is 37.5 Å². The Labute approximate surface area is 175 Å². The number of aromatic amines is 1. The Morgan fingerprint density at radius 2 is 1.97 bits per heavy atom. The standard InChI is InChI=1S/C20H26ClN7O/c1-26(14-18-23-16-4-3-15(21)13-17(16)24-18)7-8-27(2)20-22-6-5-19(25-20)28-9-11-29-12-10-28/h3-6,13H,7-12,14H2,1-2H3,(H,23,24).